The molecule has 20 heavy (non-hydrogen) atoms. The van der Waals surface area contributed by atoms with Crippen LogP contribution in [0.15, 0.2) is 16.6 Å². The van der Waals surface area contributed by atoms with Gasteiger partial charge in [-0.1, -0.05) is 15.9 Å². The fraction of sp³-hybridized carbons (Fsp3) is 0.500. The summed E-state index contributed by atoms with van der Waals surface area (Å²) < 4.78 is 28.0. The standard InChI is InChI=1S/C14H15BrF2N2O/c15-9-6-11(16)13(12(17)7-9)14(20)19-5-4-18-3-1-2-10(18)8-19/h6-7,10H,1-5,8H2. The van der Waals surface area contributed by atoms with Crippen molar-refractivity contribution in [3.8, 4) is 0 Å². The number of nitrogens with zero attached hydrogens (tertiary/aromatic N) is 2. The summed E-state index contributed by atoms with van der Waals surface area (Å²) in [6.45, 7) is 2.95. The molecule has 0 spiro atoms. The third-order valence-electron chi connectivity index (χ3n) is 4.10. The highest BCUT2D eigenvalue weighted by Gasteiger charge is 2.34. The lowest BCUT2D eigenvalue weighted by atomic mass is 10.1. The van der Waals surface area contributed by atoms with E-state index in [1.54, 1.807) is 4.90 Å². The van der Waals surface area contributed by atoms with Gasteiger partial charge in [-0.2, -0.15) is 0 Å². The van der Waals surface area contributed by atoms with Gasteiger partial charge in [0, 0.05) is 30.1 Å². The first-order valence-electron chi connectivity index (χ1n) is 6.74. The lowest BCUT2D eigenvalue weighted by molar-refractivity contribution is 0.0562. The van der Waals surface area contributed by atoms with Gasteiger partial charge >= 0.3 is 0 Å². The van der Waals surface area contributed by atoms with E-state index >= 15 is 0 Å². The summed E-state index contributed by atoms with van der Waals surface area (Å²) >= 11 is 3.02. The van der Waals surface area contributed by atoms with Crippen LogP contribution in [0.2, 0.25) is 0 Å². The first-order chi connectivity index (χ1) is 9.56. The number of rotatable bonds is 1. The van der Waals surface area contributed by atoms with E-state index in [4.69, 9.17) is 0 Å². The number of piperazine rings is 1. The molecule has 3 nitrogen and oxygen atoms in total. The first kappa shape index (κ1) is 13.9. The van der Waals surface area contributed by atoms with Crippen molar-refractivity contribution in [2.75, 3.05) is 26.2 Å². The molecule has 2 fully saturated rings. The predicted molar refractivity (Wildman–Crippen MR) is 74.6 cm³/mol. The van der Waals surface area contributed by atoms with Crippen LogP contribution in [-0.4, -0.2) is 47.9 Å². The first-order valence-corrected chi connectivity index (χ1v) is 7.53. The minimum absolute atomic E-state index is 0.296. The second kappa shape index (κ2) is 5.41. The Labute approximate surface area is 124 Å². The Balaban J connectivity index is 1.82. The number of hydrogen-bond acceptors (Lipinski definition) is 2. The van der Waals surface area contributed by atoms with Gasteiger partial charge in [-0.15, -0.1) is 0 Å². The van der Waals surface area contributed by atoms with Crippen molar-refractivity contribution in [1.82, 2.24) is 9.80 Å². The number of carbonyl (C=O) groups excluding carboxylic acids is 1. The highest BCUT2D eigenvalue weighted by molar-refractivity contribution is 9.10. The summed E-state index contributed by atoms with van der Waals surface area (Å²) in [6, 6.07) is 2.60. The highest BCUT2D eigenvalue weighted by atomic mass is 79.9. The zero-order valence-electron chi connectivity index (χ0n) is 10.9. The minimum Gasteiger partial charge on any atom is -0.336 e. The van der Waals surface area contributed by atoms with Gasteiger partial charge in [-0.3, -0.25) is 9.69 Å². The molecule has 0 saturated carbocycles. The van der Waals surface area contributed by atoms with Crippen LogP contribution in [0, 0.1) is 11.6 Å². The summed E-state index contributed by atoms with van der Waals surface area (Å²) in [7, 11) is 0. The number of fused-ring (bicyclic) bond motifs is 1. The van der Waals surface area contributed by atoms with Gasteiger partial charge in [0.2, 0.25) is 0 Å². The van der Waals surface area contributed by atoms with Gasteiger partial charge in [-0.25, -0.2) is 8.78 Å². The van der Waals surface area contributed by atoms with E-state index in [9.17, 15) is 13.6 Å². The third-order valence-corrected chi connectivity index (χ3v) is 4.55. The molecule has 0 bridgehead atoms. The van der Waals surface area contributed by atoms with Gasteiger partial charge in [-0.05, 0) is 31.5 Å². The van der Waals surface area contributed by atoms with E-state index in [-0.39, 0.29) is 0 Å². The van der Waals surface area contributed by atoms with Crippen LogP contribution in [0.5, 0.6) is 0 Å². The molecule has 1 aromatic rings. The molecule has 1 unspecified atom stereocenters. The summed E-state index contributed by atoms with van der Waals surface area (Å²) in [5, 5.41) is 0. The highest BCUT2D eigenvalue weighted by Crippen LogP contribution is 2.25. The van der Waals surface area contributed by atoms with Crippen molar-refractivity contribution >= 4 is 21.8 Å². The maximum absolute atomic E-state index is 13.9. The summed E-state index contributed by atoms with van der Waals surface area (Å²) in [4.78, 5) is 16.3. The van der Waals surface area contributed by atoms with E-state index < -0.39 is 23.1 Å². The van der Waals surface area contributed by atoms with Gasteiger partial charge in [0.15, 0.2) is 0 Å². The third kappa shape index (κ3) is 2.46. The molecule has 0 aliphatic carbocycles. The Bertz CT molecular complexity index is 529. The number of carbonyl (C=O) groups is 1. The monoisotopic (exact) mass is 344 g/mol. The second-order valence-electron chi connectivity index (χ2n) is 5.33. The van der Waals surface area contributed by atoms with Crippen molar-refractivity contribution in [3.63, 3.8) is 0 Å². The molecule has 2 aliphatic heterocycles. The van der Waals surface area contributed by atoms with Crippen molar-refractivity contribution in [2.24, 2.45) is 0 Å². The molecule has 1 amide bonds. The summed E-state index contributed by atoms with van der Waals surface area (Å²) in [5.41, 5.74) is -0.445. The molecule has 2 aliphatic rings. The number of halogens is 3. The number of amides is 1. The topological polar surface area (TPSA) is 23.6 Å². The van der Waals surface area contributed by atoms with E-state index in [2.05, 4.69) is 20.8 Å². The van der Waals surface area contributed by atoms with Crippen LogP contribution in [0.4, 0.5) is 8.78 Å². The average molecular weight is 345 g/mol. The zero-order valence-corrected chi connectivity index (χ0v) is 12.5. The maximum atomic E-state index is 13.9. The molecule has 2 heterocycles. The van der Waals surface area contributed by atoms with Crippen LogP contribution >= 0.6 is 15.9 Å². The van der Waals surface area contributed by atoms with Gasteiger partial charge in [0.1, 0.15) is 17.2 Å². The van der Waals surface area contributed by atoms with Crippen LogP contribution in [-0.2, 0) is 0 Å². The maximum Gasteiger partial charge on any atom is 0.259 e. The largest absolute Gasteiger partial charge is 0.336 e. The molecular formula is C14H15BrF2N2O. The van der Waals surface area contributed by atoms with Crippen molar-refractivity contribution in [2.45, 2.75) is 18.9 Å². The Kier molecular flexibility index (Phi) is 3.77. The SMILES string of the molecule is O=C(c1c(F)cc(Br)cc1F)N1CCN2CCCC2C1. The molecule has 2 saturated heterocycles. The quantitative estimate of drug-likeness (QED) is 0.781. The Hall–Kier alpha value is -1.01. The molecule has 0 aromatic heterocycles. The Morgan fingerprint density at radius 3 is 2.60 bits per heavy atom. The van der Waals surface area contributed by atoms with Crippen LogP contribution in [0.1, 0.15) is 23.2 Å². The van der Waals surface area contributed by atoms with Crippen LogP contribution < -0.4 is 0 Å². The van der Waals surface area contributed by atoms with Gasteiger partial charge in [0.05, 0.1) is 0 Å². The van der Waals surface area contributed by atoms with E-state index in [0.29, 0.717) is 23.6 Å². The van der Waals surface area contributed by atoms with E-state index in [1.807, 2.05) is 0 Å². The summed E-state index contributed by atoms with van der Waals surface area (Å²) in [6.07, 6.45) is 2.18. The number of benzene rings is 1. The van der Waals surface area contributed by atoms with Crippen molar-refractivity contribution < 1.29 is 13.6 Å². The molecule has 3 rings (SSSR count). The summed E-state index contributed by atoms with van der Waals surface area (Å²) in [5.74, 6) is -2.16. The predicted octanol–water partition coefficient (Wildman–Crippen LogP) is 2.65. The molecule has 1 atom stereocenters. The molecule has 6 heteroatoms. The lowest BCUT2D eigenvalue weighted by Crippen LogP contribution is -2.52. The molecule has 1 aromatic carbocycles. The molecular weight excluding hydrogens is 330 g/mol. The van der Waals surface area contributed by atoms with Gasteiger partial charge < -0.3 is 4.90 Å². The van der Waals surface area contributed by atoms with Crippen LogP contribution in [0.3, 0.4) is 0 Å². The molecule has 108 valence electrons. The lowest BCUT2D eigenvalue weighted by Gasteiger charge is -2.37. The normalized spacial score (nSPS) is 22.9. The average Bonchev–Trinajstić information content (AvgIpc) is 2.84. The van der Waals surface area contributed by atoms with Crippen LogP contribution in [0.25, 0.3) is 0 Å². The second-order valence-corrected chi connectivity index (χ2v) is 6.24. The zero-order chi connectivity index (χ0) is 14.3. The van der Waals surface area contributed by atoms with E-state index in [1.165, 1.54) is 0 Å². The fourth-order valence-corrected chi connectivity index (χ4v) is 3.48. The Morgan fingerprint density at radius 2 is 1.90 bits per heavy atom. The number of hydrogen-bond donors (Lipinski definition) is 0. The molecule has 0 radical (unpaired) electrons. The minimum atomic E-state index is -0.810. The smallest absolute Gasteiger partial charge is 0.259 e. The fourth-order valence-electron chi connectivity index (χ4n) is 3.08. The van der Waals surface area contributed by atoms with Crippen molar-refractivity contribution in [1.29, 1.82) is 0 Å². The Morgan fingerprint density at radius 1 is 1.20 bits per heavy atom. The van der Waals surface area contributed by atoms with Crippen molar-refractivity contribution in [3.05, 3.63) is 33.8 Å². The van der Waals surface area contributed by atoms with E-state index in [0.717, 1.165) is 38.1 Å². The molecule has 0 N–H and O–H groups in total. The van der Waals surface area contributed by atoms with Gasteiger partial charge in [0.25, 0.3) is 5.91 Å².